The quantitative estimate of drug-likeness (QED) is 0.413. The molecule has 0 spiro atoms. The minimum Gasteiger partial charge on any atom is -0.305 e. The number of rotatable bonds is 2. The van der Waals surface area contributed by atoms with Crippen LogP contribution in [0.2, 0.25) is 0 Å². The molecule has 146 valence electrons. The molecule has 8 heteroatoms. The molecule has 0 saturated carbocycles. The van der Waals surface area contributed by atoms with Gasteiger partial charge in [0.05, 0.1) is 36.5 Å². The van der Waals surface area contributed by atoms with Crippen LogP contribution in [-0.2, 0) is 13.1 Å². The number of hydrogen-bond donors (Lipinski definition) is 0. The molecule has 5 rings (SSSR count). The second kappa shape index (κ2) is 6.52. The van der Waals surface area contributed by atoms with Gasteiger partial charge in [-0.2, -0.15) is 5.10 Å². The SMILES string of the molecule is Cc1cc(C)n(Cc2nc3n(n2)Cc2c(C)ncn2-c2ccc(Br)cc2-3)c(=O)c1. The normalized spacial score (nSPS) is 12.3. The Balaban J connectivity index is 1.66. The highest BCUT2D eigenvalue weighted by Gasteiger charge is 2.24. The van der Waals surface area contributed by atoms with E-state index >= 15 is 0 Å². The van der Waals surface area contributed by atoms with Gasteiger partial charge in [0.25, 0.3) is 5.56 Å². The first-order chi connectivity index (χ1) is 13.9. The average Bonchev–Trinajstić information content (AvgIpc) is 3.19. The molecule has 0 fully saturated rings. The lowest BCUT2D eigenvalue weighted by molar-refractivity contribution is 0.635. The second-order valence-electron chi connectivity index (χ2n) is 7.42. The Hall–Kier alpha value is -3.00. The van der Waals surface area contributed by atoms with Crippen LogP contribution in [0, 0.1) is 20.8 Å². The van der Waals surface area contributed by atoms with E-state index in [1.54, 1.807) is 10.6 Å². The molecule has 0 radical (unpaired) electrons. The zero-order chi connectivity index (χ0) is 20.3. The van der Waals surface area contributed by atoms with Crippen LogP contribution in [0.5, 0.6) is 0 Å². The van der Waals surface area contributed by atoms with Gasteiger partial charge in [0.2, 0.25) is 0 Å². The fourth-order valence-corrected chi connectivity index (χ4v) is 4.27. The van der Waals surface area contributed by atoms with Gasteiger partial charge in [0.15, 0.2) is 11.6 Å². The van der Waals surface area contributed by atoms with Gasteiger partial charge < -0.3 is 9.13 Å². The maximum atomic E-state index is 12.5. The third kappa shape index (κ3) is 2.95. The van der Waals surface area contributed by atoms with Gasteiger partial charge in [0, 0.05) is 21.8 Å². The zero-order valence-electron chi connectivity index (χ0n) is 16.3. The molecule has 1 aliphatic rings. The van der Waals surface area contributed by atoms with E-state index < -0.39 is 0 Å². The van der Waals surface area contributed by atoms with Crippen LogP contribution in [0.4, 0.5) is 0 Å². The van der Waals surface area contributed by atoms with Crippen molar-refractivity contribution in [3.05, 3.63) is 80.0 Å². The summed E-state index contributed by atoms with van der Waals surface area (Å²) >= 11 is 3.57. The second-order valence-corrected chi connectivity index (χ2v) is 8.33. The first kappa shape index (κ1) is 18.1. The predicted molar refractivity (Wildman–Crippen MR) is 113 cm³/mol. The fraction of sp³-hybridized carbons (Fsp3) is 0.238. The van der Waals surface area contributed by atoms with Crippen molar-refractivity contribution >= 4 is 15.9 Å². The fourth-order valence-electron chi connectivity index (χ4n) is 3.91. The van der Waals surface area contributed by atoms with Crippen LogP contribution in [0.1, 0.15) is 28.5 Å². The molecule has 29 heavy (non-hydrogen) atoms. The smallest absolute Gasteiger partial charge is 0.251 e. The van der Waals surface area contributed by atoms with E-state index in [1.807, 2.05) is 50.0 Å². The summed E-state index contributed by atoms with van der Waals surface area (Å²) in [6.07, 6.45) is 1.85. The first-order valence-corrected chi connectivity index (χ1v) is 10.1. The number of nitrogens with zero attached hydrogens (tertiary/aromatic N) is 6. The van der Waals surface area contributed by atoms with Gasteiger partial charge in [-0.05, 0) is 50.6 Å². The van der Waals surface area contributed by atoms with Gasteiger partial charge >= 0.3 is 0 Å². The van der Waals surface area contributed by atoms with Crippen LogP contribution >= 0.6 is 15.9 Å². The summed E-state index contributed by atoms with van der Waals surface area (Å²) in [7, 11) is 0. The molecule has 0 saturated heterocycles. The lowest BCUT2D eigenvalue weighted by atomic mass is 10.1. The molecule has 1 aromatic carbocycles. The molecule has 7 nitrogen and oxygen atoms in total. The molecule has 0 bridgehead atoms. The van der Waals surface area contributed by atoms with Crippen LogP contribution < -0.4 is 5.56 Å². The van der Waals surface area contributed by atoms with Crippen molar-refractivity contribution in [3.63, 3.8) is 0 Å². The Morgan fingerprint density at radius 3 is 2.76 bits per heavy atom. The number of aryl methyl sites for hydroxylation is 3. The summed E-state index contributed by atoms with van der Waals surface area (Å²) in [5.41, 5.74) is 5.86. The van der Waals surface area contributed by atoms with Crippen LogP contribution in [-0.4, -0.2) is 28.9 Å². The van der Waals surface area contributed by atoms with E-state index in [0.29, 0.717) is 18.9 Å². The van der Waals surface area contributed by atoms with E-state index in [9.17, 15) is 4.79 Å². The monoisotopic (exact) mass is 450 g/mol. The van der Waals surface area contributed by atoms with Crippen LogP contribution in [0.3, 0.4) is 0 Å². The maximum Gasteiger partial charge on any atom is 0.251 e. The molecular formula is C21H19BrN6O. The standard InChI is InChI=1S/C21H19BrN6O/c1-12-6-13(2)26(20(29)7-12)10-19-24-21-16-8-15(22)4-5-17(16)27-11-23-14(3)18(27)9-28(21)25-19/h4-8,11H,9-10H2,1-3H3. The van der Waals surface area contributed by atoms with Crippen molar-refractivity contribution in [2.24, 2.45) is 0 Å². The molecule has 0 aliphatic carbocycles. The van der Waals surface area contributed by atoms with E-state index in [-0.39, 0.29) is 5.56 Å². The Morgan fingerprint density at radius 2 is 1.97 bits per heavy atom. The van der Waals surface area contributed by atoms with Crippen LogP contribution in [0.25, 0.3) is 17.1 Å². The minimum absolute atomic E-state index is 0.0374. The highest BCUT2D eigenvalue weighted by atomic mass is 79.9. The number of hydrogen-bond acceptors (Lipinski definition) is 4. The number of fused-ring (bicyclic) bond motifs is 5. The minimum atomic E-state index is -0.0374. The number of benzene rings is 1. The predicted octanol–water partition coefficient (Wildman–Crippen LogP) is 3.39. The van der Waals surface area contributed by atoms with Crippen molar-refractivity contribution in [1.29, 1.82) is 0 Å². The van der Waals surface area contributed by atoms with Crippen molar-refractivity contribution < 1.29 is 0 Å². The molecule has 4 aromatic rings. The molecule has 1 aliphatic heterocycles. The van der Waals surface area contributed by atoms with Crippen molar-refractivity contribution in [2.75, 3.05) is 0 Å². The van der Waals surface area contributed by atoms with Gasteiger partial charge in [-0.1, -0.05) is 15.9 Å². The molecule has 0 N–H and O–H groups in total. The number of imidazole rings is 1. The summed E-state index contributed by atoms with van der Waals surface area (Å²) in [5, 5.41) is 4.75. The number of halogens is 1. The first-order valence-electron chi connectivity index (χ1n) is 9.35. The van der Waals surface area contributed by atoms with E-state index in [0.717, 1.165) is 44.2 Å². The van der Waals surface area contributed by atoms with Crippen molar-refractivity contribution in [2.45, 2.75) is 33.9 Å². The third-order valence-electron chi connectivity index (χ3n) is 5.33. The van der Waals surface area contributed by atoms with Crippen molar-refractivity contribution in [1.82, 2.24) is 28.9 Å². The van der Waals surface area contributed by atoms with Gasteiger partial charge in [-0.3, -0.25) is 4.79 Å². The molecule has 0 amide bonds. The van der Waals surface area contributed by atoms with Crippen molar-refractivity contribution in [3.8, 4) is 17.1 Å². The van der Waals surface area contributed by atoms with E-state index in [4.69, 9.17) is 10.1 Å². The molecule has 4 heterocycles. The number of aromatic nitrogens is 6. The van der Waals surface area contributed by atoms with Gasteiger partial charge in [0.1, 0.15) is 0 Å². The Labute approximate surface area is 175 Å². The molecule has 0 atom stereocenters. The summed E-state index contributed by atoms with van der Waals surface area (Å²) in [6, 6.07) is 9.76. The zero-order valence-corrected chi connectivity index (χ0v) is 17.9. The third-order valence-corrected chi connectivity index (χ3v) is 5.82. The topological polar surface area (TPSA) is 70.5 Å². The average molecular weight is 451 g/mol. The highest BCUT2D eigenvalue weighted by Crippen LogP contribution is 2.33. The largest absolute Gasteiger partial charge is 0.305 e. The van der Waals surface area contributed by atoms with E-state index in [2.05, 4.69) is 31.5 Å². The van der Waals surface area contributed by atoms with Gasteiger partial charge in [-0.15, -0.1) is 0 Å². The summed E-state index contributed by atoms with van der Waals surface area (Å²) < 4.78 is 6.68. The van der Waals surface area contributed by atoms with Crippen LogP contribution in [0.15, 0.2) is 45.9 Å². The summed E-state index contributed by atoms with van der Waals surface area (Å²) in [4.78, 5) is 21.8. The number of pyridine rings is 1. The Morgan fingerprint density at radius 1 is 1.14 bits per heavy atom. The molecule has 3 aromatic heterocycles. The van der Waals surface area contributed by atoms with Gasteiger partial charge in [-0.25, -0.2) is 14.6 Å². The summed E-state index contributed by atoms with van der Waals surface area (Å²) in [6.45, 7) is 6.77. The summed E-state index contributed by atoms with van der Waals surface area (Å²) in [5.74, 6) is 1.41. The van der Waals surface area contributed by atoms with E-state index in [1.165, 1.54) is 0 Å². The maximum absolute atomic E-state index is 12.5. The molecule has 0 unspecified atom stereocenters. The molecular weight excluding hydrogens is 432 g/mol. The highest BCUT2D eigenvalue weighted by molar-refractivity contribution is 9.10. The lowest BCUT2D eigenvalue weighted by Crippen LogP contribution is -2.23. The Kier molecular flexibility index (Phi) is 4.06. The lowest BCUT2D eigenvalue weighted by Gasteiger charge is -2.09. The Bertz CT molecular complexity index is 1330.